The highest BCUT2D eigenvalue weighted by molar-refractivity contribution is 6.33. The Balaban J connectivity index is 1.75. The molecule has 1 N–H and O–H groups in total. The third-order valence-electron chi connectivity index (χ3n) is 5.45. The fourth-order valence-corrected chi connectivity index (χ4v) is 3.59. The molecule has 0 atom stereocenters. The first-order chi connectivity index (χ1) is 16.4. The number of hydrogen-bond acceptors (Lipinski definition) is 5. The van der Waals surface area contributed by atoms with Crippen LogP contribution in [0.1, 0.15) is 25.0 Å². The van der Waals surface area contributed by atoms with Crippen molar-refractivity contribution in [3.8, 4) is 11.5 Å². The predicted octanol–water partition coefficient (Wildman–Crippen LogP) is 4.61. The lowest BCUT2D eigenvalue weighted by Gasteiger charge is -2.20. The maximum Gasteiger partial charge on any atom is 0.282 e. The molecule has 0 radical (unpaired) electrons. The molecule has 1 aliphatic heterocycles. The molecule has 1 aliphatic rings. The number of benzene rings is 3. The summed E-state index contributed by atoms with van der Waals surface area (Å²) in [6.07, 6.45) is 1.67. The maximum atomic E-state index is 13.5. The number of rotatable bonds is 6. The molecule has 1 heterocycles. The third kappa shape index (κ3) is 4.54. The lowest BCUT2D eigenvalue weighted by Crippen LogP contribution is -2.32. The minimum atomic E-state index is -0.280. The van der Waals surface area contributed by atoms with Gasteiger partial charge in [-0.05, 0) is 55.0 Å². The number of nitrogens with zero attached hydrogens (tertiary/aromatic N) is 3. The Bertz CT molecular complexity index is 1280. The number of carbonyl (C=O) groups is 2. The minimum absolute atomic E-state index is 0.0347. The van der Waals surface area contributed by atoms with Crippen LogP contribution in [0.3, 0.4) is 0 Å². The Kier molecular flexibility index (Phi) is 6.45. The summed E-state index contributed by atoms with van der Waals surface area (Å²) in [5.74, 6) is 0.525. The van der Waals surface area contributed by atoms with E-state index in [-0.39, 0.29) is 23.3 Å². The van der Waals surface area contributed by atoms with Crippen LogP contribution in [0, 0.1) is 0 Å². The number of amidine groups is 1. The van der Waals surface area contributed by atoms with Crippen LogP contribution in [0.5, 0.6) is 11.5 Å². The van der Waals surface area contributed by atoms with Crippen molar-refractivity contribution in [2.75, 3.05) is 23.5 Å². The number of phenolic OH excluding ortho intramolecular Hbond substituents is 1. The van der Waals surface area contributed by atoms with E-state index in [4.69, 9.17) is 4.74 Å². The second-order valence-corrected chi connectivity index (χ2v) is 7.73. The van der Waals surface area contributed by atoms with E-state index in [1.54, 1.807) is 54.4 Å². The van der Waals surface area contributed by atoms with E-state index >= 15 is 0 Å². The van der Waals surface area contributed by atoms with Crippen molar-refractivity contribution in [3.63, 3.8) is 0 Å². The highest BCUT2D eigenvalue weighted by Crippen LogP contribution is 2.31. The fraction of sp³-hybridized carbons (Fsp3) is 0.148. The van der Waals surface area contributed by atoms with Crippen molar-refractivity contribution in [2.24, 2.45) is 4.99 Å². The molecule has 0 saturated heterocycles. The normalized spacial score (nSPS) is 14.3. The first-order valence-corrected chi connectivity index (χ1v) is 10.9. The summed E-state index contributed by atoms with van der Waals surface area (Å²) in [4.78, 5) is 32.9. The van der Waals surface area contributed by atoms with Gasteiger partial charge in [-0.25, -0.2) is 4.99 Å². The Labute approximate surface area is 198 Å². The Morgan fingerprint density at radius 2 is 1.79 bits per heavy atom. The standard InChI is InChI=1S/C27H25N3O4/c1-4-34-25-17-19(10-15-24(25)32)16-23-27(33)30(26(28-23)20-8-6-5-7-9-20)22-13-11-21(12-14-22)29(3)18(2)31/h5-17,32H,4H2,1-3H3/b23-16+. The number of phenols is 1. The Morgan fingerprint density at radius 3 is 2.44 bits per heavy atom. The molecular formula is C27H25N3O4. The van der Waals surface area contributed by atoms with Crippen LogP contribution in [-0.4, -0.2) is 36.4 Å². The van der Waals surface area contributed by atoms with Crippen LogP contribution < -0.4 is 14.5 Å². The predicted molar refractivity (Wildman–Crippen MR) is 133 cm³/mol. The molecule has 3 aromatic rings. The number of anilines is 2. The zero-order valence-electron chi connectivity index (χ0n) is 19.2. The average molecular weight is 456 g/mol. The van der Waals surface area contributed by atoms with Gasteiger partial charge in [-0.1, -0.05) is 36.4 Å². The molecule has 172 valence electrons. The van der Waals surface area contributed by atoms with E-state index in [1.165, 1.54) is 17.9 Å². The van der Waals surface area contributed by atoms with Gasteiger partial charge in [0.05, 0.1) is 12.3 Å². The van der Waals surface area contributed by atoms with Crippen LogP contribution in [0.2, 0.25) is 0 Å². The number of amides is 2. The van der Waals surface area contributed by atoms with Crippen LogP contribution >= 0.6 is 0 Å². The van der Waals surface area contributed by atoms with Gasteiger partial charge in [0, 0.05) is 25.2 Å². The number of carbonyl (C=O) groups excluding carboxylic acids is 2. The minimum Gasteiger partial charge on any atom is -0.504 e. The monoisotopic (exact) mass is 455 g/mol. The molecule has 0 bridgehead atoms. The molecule has 34 heavy (non-hydrogen) atoms. The van der Waals surface area contributed by atoms with Gasteiger partial charge in [0.15, 0.2) is 11.5 Å². The molecule has 0 unspecified atom stereocenters. The Morgan fingerprint density at radius 1 is 1.09 bits per heavy atom. The topological polar surface area (TPSA) is 82.4 Å². The van der Waals surface area contributed by atoms with Gasteiger partial charge in [-0.2, -0.15) is 0 Å². The van der Waals surface area contributed by atoms with E-state index in [1.807, 2.05) is 37.3 Å². The van der Waals surface area contributed by atoms with E-state index in [0.717, 1.165) is 11.3 Å². The van der Waals surface area contributed by atoms with Crippen molar-refractivity contribution < 1.29 is 19.4 Å². The molecule has 0 spiro atoms. The van der Waals surface area contributed by atoms with Gasteiger partial charge >= 0.3 is 0 Å². The average Bonchev–Trinajstić information content (AvgIpc) is 3.17. The van der Waals surface area contributed by atoms with Crippen LogP contribution in [0.25, 0.3) is 6.08 Å². The first kappa shape index (κ1) is 22.8. The second-order valence-electron chi connectivity index (χ2n) is 7.73. The van der Waals surface area contributed by atoms with Crippen molar-refractivity contribution >= 4 is 35.1 Å². The van der Waals surface area contributed by atoms with Gasteiger partial charge in [0.25, 0.3) is 5.91 Å². The van der Waals surface area contributed by atoms with E-state index in [2.05, 4.69) is 4.99 Å². The molecular weight excluding hydrogens is 430 g/mol. The SMILES string of the molecule is CCOc1cc(/C=C2/N=C(c3ccccc3)N(c3ccc(N(C)C(C)=O)cc3)C2=O)ccc1O. The summed E-state index contributed by atoms with van der Waals surface area (Å²) in [6.45, 7) is 3.74. The first-order valence-electron chi connectivity index (χ1n) is 10.9. The number of hydrogen-bond donors (Lipinski definition) is 1. The smallest absolute Gasteiger partial charge is 0.282 e. The van der Waals surface area contributed by atoms with Crippen molar-refractivity contribution in [1.82, 2.24) is 0 Å². The van der Waals surface area contributed by atoms with Gasteiger partial charge in [0.1, 0.15) is 11.5 Å². The summed E-state index contributed by atoms with van der Waals surface area (Å²) in [7, 11) is 1.70. The van der Waals surface area contributed by atoms with E-state index < -0.39 is 0 Å². The molecule has 0 fully saturated rings. The summed E-state index contributed by atoms with van der Waals surface area (Å²) in [5, 5.41) is 9.98. The van der Waals surface area contributed by atoms with E-state index in [9.17, 15) is 14.7 Å². The molecule has 2 amide bonds. The molecule has 0 aromatic heterocycles. The van der Waals surface area contributed by atoms with Crippen molar-refractivity contribution in [3.05, 3.63) is 89.6 Å². The third-order valence-corrected chi connectivity index (χ3v) is 5.45. The zero-order valence-corrected chi connectivity index (χ0v) is 19.2. The van der Waals surface area contributed by atoms with Gasteiger partial charge in [-0.15, -0.1) is 0 Å². The number of aromatic hydroxyl groups is 1. The number of aliphatic imine (C=N–C) groups is 1. The highest BCUT2D eigenvalue weighted by atomic mass is 16.5. The van der Waals surface area contributed by atoms with Crippen LogP contribution in [0.4, 0.5) is 11.4 Å². The Hall–Kier alpha value is -4.39. The van der Waals surface area contributed by atoms with Crippen molar-refractivity contribution in [1.29, 1.82) is 0 Å². The fourth-order valence-electron chi connectivity index (χ4n) is 3.59. The molecule has 7 heteroatoms. The van der Waals surface area contributed by atoms with Gasteiger partial charge in [0.2, 0.25) is 5.91 Å². The van der Waals surface area contributed by atoms with Gasteiger partial charge in [-0.3, -0.25) is 14.5 Å². The molecule has 4 rings (SSSR count). The molecule has 0 aliphatic carbocycles. The summed E-state index contributed by atoms with van der Waals surface area (Å²) < 4.78 is 5.46. The lowest BCUT2D eigenvalue weighted by atomic mass is 10.1. The highest BCUT2D eigenvalue weighted by Gasteiger charge is 2.32. The second kappa shape index (κ2) is 9.62. The number of ether oxygens (including phenoxy) is 1. The molecule has 7 nitrogen and oxygen atoms in total. The van der Waals surface area contributed by atoms with Crippen molar-refractivity contribution in [2.45, 2.75) is 13.8 Å². The summed E-state index contributed by atoms with van der Waals surface area (Å²) in [6, 6.07) is 21.6. The molecule has 0 saturated carbocycles. The quantitative estimate of drug-likeness (QED) is 0.551. The molecule has 3 aromatic carbocycles. The van der Waals surface area contributed by atoms with Gasteiger partial charge < -0.3 is 14.7 Å². The van der Waals surface area contributed by atoms with E-state index in [0.29, 0.717) is 29.4 Å². The van der Waals surface area contributed by atoms with Crippen LogP contribution in [-0.2, 0) is 9.59 Å². The maximum absolute atomic E-state index is 13.5. The summed E-state index contributed by atoms with van der Waals surface area (Å²) >= 11 is 0. The van der Waals surface area contributed by atoms with Crippen LogP contribution in [0.15, 0.2) is 83.5 Å². The lowest BCUT2D eigenvalue weighted by molar-refractivity contribution is -0.116. The summed E-state index contributed by atoms with van der Waals surface area (Å²) in [5.41, 5.74) is 3.10. The largest absolute Gasteiger partial charge is 0.504 e. The zero-order chi connectivity index (χ0) is 24.2.